The highest BCUT2D eigenvalue weighted by Gasteiger charge is 2.41. The quantitative estimate of drug-likeness (QED) is 0.662. The summed E-state index contributed by atoms with van der Waals surface area (Å²) < 4.78 is 5.13. The van der Waals surface area contributed by atoms with E-state index in [1.807, 2.05) is 20.8 Å². The number of hydrogen-bond donors (Lipinski definition) is 1. The number of carbonyl (C=O) groups is 1. The van der Waals surface area contributed by atoms with Crippen molar-refractivity contribution in [1.29, 1.82) is 0 Å². The van der Waals surface area contributed by atoms with Gasteiger partial charge in [0.05, 0.1) is 6.54 Å². The van der Waals surface area contributed by atoms with Gasteiger partial charge >= 0.3 is 6.09 Å². The maximum absolute atomic E-state index is 11.2. The highest BCUT2D eigenvalue weighted by atomic mass is 16.6. The van der Waals surface area contributed by atoms with Gasteiger partial charge < -0.3 is 15.4 Å². The fourth-order valence-electron chi connectivity index (χ4n) is 1.23. The molecular weight excluding hydrogens is 156 g/mol. The van der Waals surface area contributed by atoms with Crippen LogP contribution in [-0.2, 0) is 4.74 Å². The van der Waals surface area contributed by atoms with Gasteiger partial charge in [0, 0.05) is 12.6 Å². The van der Waals surface area contributed by atoms with Crippen LogP contribution in [0.5, 0.6) is 0 Å². The van der Waals surface area contributed by atoms with Crippen LogP contribution < -0.4 is 5.73 Å². The van der Waals surface area contributed by atoms with Gasteiger partial charge in [-0.05, 0) is 20.8 Å². The molecule has 1 unspecified atom stereocenters. The van der Waals surface area contributed by atoms with Gasteiger partial charge in [-0.3, -0.25) is 0 Å². The highest BCUT2D eigenvalue weighted by molar-refractivity contribution is 5.71. The van der Waals surface area contributed by atoms with Crippen LogP contribution >= 0.6 is 0 Å². The number of rotatable bonds is 2. The predicted octanol–water partition coefficient (Wildman–Crippen LogP) is 0.564. The molecule has 2 N–H and O–H groups in total. The molecule has 1 saturated heterocycles. The number of nitrogens with two attached hydrogens (primary N) is 1. The molecule has 0 spiro atoms. The Morgan fingerprint density at radius 1 is 1.75 bits per heavy atom. The molecule has 0 aromatic carbocycles. The molecule has 0 bridgehead atoms. The van der Waals surface area contributed by atoms with E-state index in [0.29, 0.717) is 13.1 Å². The molecule has 1 aliphatic rings. The highest BCUT2D eigenvalue weighted by Crippen LogP contribution is 2.22. The lowest BCUT2D eigenvalue weighted by Gasteiger charge is -2.20. The standard InChI is InChI=1S/C8H16N2O2/c1-6(2)10-5-8(3,4-9)12-7(10)11/h6H,4-5,9H2,1-3H3. The van der Waals surface area contributed by atoms with Crippen LogP contribution in [0.1, 0.15) is 20.8 Å². The average molecular weight is 172 g/mol. The second kappa shape index (κ2) is 2.94. The number of carbonyl (C=O) groups excluding carboxylic acids is 1. The smallest absolute Gasteiger partial charge is 0.410 e. The molecule has 1 fully saturated rings. The molecule has 4 heteroatoms. The van der Waals surface area contributed by atoms with Crippen molar-refractivity contribution in [3.8, 4) is 0 Å². The molecule has 0 aromatic rings. The van der Waals surface area contributed by atoms with Crippen molar-refractivity contribution >= 4 is 6.09 Å². The number of ether oxygens (including phenoxy) is 1. The normalized spacial score (nSPS) is 29.8. The molecular formula is C8H16N2O2. The van der Waals surface area contributed by atoms with Gasteiger partial charge in [0.25, 0.3) is 0 Å². The van der Waals surface area contributed by atoms with E-state index in [-0.39, 0.29) is 12.1 Å². The largest absolute Gasteiger partial charge is 0.440 e. The third-order valence-electron chi connectivity index (χ3n) is 2.13. The molecule has 0 aliphatic carbocycles. The van der Waals surface area contributed by atoms with Gasteiger partial charge in [0.1, 0.15) is 5.60 Å². The van der Waals surface area contributed by atoms with Gasteiger partial charge in [0.15, 0.2) is 0 Å². The number of nitrogens with zero attached hydrogens (tertiary/aromatic N) is 1. The summed E-state index contributed by atoms with van der Waals surface area (Å²) in [6.45, 7) is 6.75. The van der Waals surface area contributed by atoms with Crippen molar-refractivity contribution < 1.29 is 9.53 Å². The number of amides is 1. The molecule has 1 heterocycles. The molecule has 1 atom stereocenters. The minimum Gasteiger partial charge on any atom is -0.440 e. The van der Waals surface area contributed by atoms with Gasteiger partial charge in [-0.15, -0.1) is 0 Å². The van der Waals surface area contributed by atoms with E-state index < -0.39 is 5.60 Å². The predicted molar refractivity (Wildman–Crippen MR) is 45.8 cm³/mol. The zero-order valence-corrected chi connectivity index (χ0v) is 7.83. The Hall–Kier alpha value is -0.770. The van der Waals surface area contributed by atoms with Gasteiger partial charge in [-0.25, -0.2) is 4.79 Å². The lowest BCUT2D eigenvalue weighted by atomic mass is 10.1. The summed E-state index contributed by atoms with van der Waals surface area (Å²) in [5.74, 6) is 0. The van der Waals surface area contributed by atoms with Gasteiger partial charge in [0.2, 0.25) is 0 Å². The maximum Gasteiger partial charge on any atom is 0.410 e. The monoisotopic (exact) mass is 172 g/mol. The van der Waals surface area contributed by atoms with Crippen LogP contribution in [0, 0.1) is 0 Å². The van der Waals surface area contributed by atoms with Crippen molar-refractivity contribution in [2.24, 2.45) is 5.73 Å². The van der Waals surface area contributed by atoms with Crippen LogP contribution in [0.25, 0.3) is 0 Å². The zero-order chi connectivity index (χ0) is 9.35. The van der Waals surface area contributed by atoms with Crippen LogP contribution in [0.15, 0.2) is 0 Å². The molecule has 70 valence electrons. The summed E-state index contributed by atoms with van der Waals surface area (Å²) in [5.41, 5.74) is 5.00. The summed E-state index contributed by atoms with van der Waals surface area (Å²) in [7, 11) is 0. The molecule has 1 rings (SSSR count). The van der Waals surface area contributed by atoms with E-state index >= 15 is 0 Å². The van der Waals surface area contributed by atoms with E-state index in [0.717, 1.165) is 0 Å². The summed E-state index contributed by atoms with van der Waals surface area (Å²) >= 11 is 0. The second-order valence-electron chi connectivity index (χ2n) is 3.74. The Kier molecular flexibility index (Phi) is 2.28. The molecule has 0 aromatic heterocycles. The molecule has 1 amide bonds. The fraction of sp³-hybridized carbons (Fsp3) is 0.875. The third kappa shape index (κ3) is 1.53. The van der Waals surface area contributed by atoms with Crippen molar-refractivity contribution in [2.45, 2.75) is 32.4 Å². The van der Waals surface area contributed by atoms with Crippen LogP contribution in [-0.4, -0.2) is 35.7 Å². The first-order chi connectivity index (χ1) is 5.48. The Morgan fingerprint density at radius 3 is 2.58 bits per heavy atom. The van der Waals surface area contributed by atoms with Crippen molar-refractivity contribution in [1.82, 2.24) is 4.90 Å². The number of hydrogen-bond acceptors (Lipinski definition) is 3. The Bertz CT molecular complexity index is 193. The number of cyclic esters (lactones) is 1. The molecule has 0 saturated carbocycles. The SMILES string of the molecule is CC(C)N1CC(C)(CN)OC1=O. The molecule has 12 heavy (non-hydrogen) atoms. The molecule has 0 radical (unpaired) electrons. The minimum atomic E-state index is -0.485. The lowest BCUT2D eigenvalue weighted by molar-refractivity contribution is 0.0780. The maximum atomic E-state index is 11.2. The summed E-state index contributed by atoms with van der Waals surface area (Å²) in [4.78, 5) is 12.9. The van der Waals surface area contributed by atoms with E-state index in [1.54, 1.807) is 4.90 Å². The van der Waals surface area contributed by atoms with E-state index in [9.17, 15) is 4.79 Å². The lowest BCUT2D eigenvalue weighted by Crippen LogP contribution is -2.40. The second-order valence-corrected chi connectivity index (χ2v) is 3.74. The van der Waals surface area contributed by atoms with Crippen molar-refractivity contribution in [3.63, 3.8) is 0 Å². The van der Waals surface area contributed by atoms with Gasteiger partial charge in [-0.2, -0.15) is 0 Å². The Morgan fingerprint density at radius 2 is 2.33 bits per heavy atom. The van der Waals surface area contributed by atoms with Crippen LogP contribution in [0.3, 0.4) is 0 Å². The Balaban J connectivity index is 2.68. The van der Waals surface area contributed by atoms with E-state index in [2.05, 4.69) is 0 Å². The minimum absolute atomic E-state index is 0.186. The summed E-state index contributed by atoms with van der Waals surface area (Å²) in [6.07, 6.45) is -0.252. The third-order valence-corrected chi connectivity index (χ3v) is 2.13. The average Bonchev–Trinajstić information content (AvgIpc) is 2.28. The molecule has 4 nitrogen and oxygen atoms in total. The Labute approximate surface area is 72.7 Å². The van der Waals surface area contributed by atoms with E-state index in [1.165, 1.54) is 0 Å². The van der Waals surface area contributed by atoms with Crippen LogP contribution in [0.2, 0.25) is 0 Å². The van der Waals surface area contributed by atoms with Crippen LogP contribution in [0.4, 0.5) is 4.79 Å². The van der Waals surface area contributed by atoms with Gasteiger partial charge in [-0.1, -0.05) is 0 Å². The van der Waals surface area contributed by atoms with E-state index in [4.69, 9.17) is 10.5 Å². The first-order valence-corrected chi connectivity index (χ1v) is 4.18. The first kappa shape index (κ1) is 9.32. The molecule has 1 aliphatic heterocycles. The topological polar surface area (TPSA) is 55.6 Å². The van der Waals surface area contributed by atoms with Crippen molar-refractivity contribution in [2.75, 3.05) is 13.1 Å². The first-order valence-electron chi connectivity index (χ1n) is 4.18. The zero-order valence-electron chi connectivity index (χ0n) is 7.83. The summed E-state index contributed by atoms with van der Waals surface area (Å²) in [6, 6.07) is 0.186. The van der Waals surface area contributed by atoms with Crippen molar-refractivity contribution in [3.05, 3.63) is 0 Å². The summed E-state index contributed by atoms with van der Waals surface area (Å²) in [5, 5.41) is 0. The fourth-order valence-corrected chi connectivity index (χ4v) is 1.23.